The van der Waals surface area contributed by atoms with E-state index >= 15 is 0 Å². The van der Waals surface area contributed by atoms with Gasteiger partial charge < -0.3 is 10.1 Å². The minimum Gasteiger partial charge on any atom is -0.484 e. The van der Waals surface area contributed by atoms with E-state index in [9.17, 15) is 13.6 Å². The third-order valence-electron chi connectivity index (χ3n) is 2.62. The summed E-state index contributed by atoms with van der Waals surface area (Å²) in [5.41, 5.74) is 4.89. The van der Waals surface area contributed by atoms with Crippen LogP contribution in [0.25, 0.3) is 0 Å². The number of halogens is 2. The van der Waals surface area contributed by atoms with Crippen molar-refractivity contribution in [1.29, 1.82) is 0 Å². The Bertz CT molecular complexity index is 695. The summed E-state index contributed by atoms with van der Waals surface area (Å²) in [6, 6.07) is 11.2. The van der Waals surface area contributed by atoms with Crippen molar-refractivity contribution in [3.8, 4) is 5.75 Å². The van der Waals surface area contributed by atoms with Crippen LogP contribution in [0, 0.1) is 11.6 Å². The van der Waals surface area contributed by atoms with Crippen molar-refractivity contribution in [1.82, 2.24) is 10.9 Å². The zero-order chi connectivity index (χ0) is 16.7. The minimum atomic E-state index is -0.507. The molecule has 8 heteroatoms. The quantitative estimate of drug-likeness (QED) is 0.591. The Kier molecular flexibility index (Phi) is 5.81. The number of anilines is 1. The molecule has 0 bridgehead atoms. The smallest absolute Gasteiger partial charge is 0.276 e. The van der Waals surface area contributed by atoms with Crippen LogP contribution in [0.2, 0.25) is 0 Å². The molecule has 0 unspecified atom stereocenters. The summed E-state index contributed by atoms with van der Waals surface area (Å²) in [5.74, 6) is -1.02. The summed E-state index contributed by atoms with van der Waals surface area (Å²) in [6.07, 6.45) is 0. The van der Waals surface area contributed by atoms with Crippen LogP contribution in [0.15, 0.2) is 48.5 Å². The number of rotatable bonds is 4. The molecule has 0 heterocycles. The lowest BCUT2D eigenvalue weighted by Gasteiger charge is -2.12. The number of hydrogen-bond donors (Lipinski definition) is 3. The van der Waals surface area contributed by atoms with Gasteiger partial charge in [-0.2, -0.15) is 0 Å². The zero-order valence-electron chi connectivity index (χ0n) is 11.8. The summed E-state index contributed by atoms with van der Waals surface area (Å²) >= 11 is 4.92. The van der Waals surface area contributed by atoms with Gasteiger partial charge >= 0.3 is 0 Å². The molecule has 0 saturated carbocycles. The molecule has 5 nitrogen and oxygen atoms in total. The molecule has 0 aromatic heterocycles. The second-order valence-corrected chi connectivity index (χ2v) is 4.76. The first-order valence-electron chi connectivity index (χ1n) is 6.53. The highest BCUT2D eigenvalue weighted by Gasteiger charge is 2.06. The molecule has 1 amide bonds. The number of nitrogens with one attached hydrogen (secondary N) is 3. The monoisotopic (exact) mass is 337 g/mol. The van der Waals surface area contributed by atoms with Gasteiger partial charge in [0, 0.05) is 0 Å². The number of carbonyl (C=O) groups excluding carboxylic acids is 1. The van der Waals surface area contributed by atoms with Gasteiger partial charge in [-0.3, -0.25) is 15.6 Å². The number of thiocarbonyl (C=S) groups is 1. The Morgan fingerprint density at radius 1 is 1.04 bits per heavy atom. The molecule has 0 fully saturated rings. The fourth-order valence-electron chi connectivity index (χ4n) is 1.56. The van der Waals surface area contributed by atoms with Gasteiger partial charge in [-0.05, 0) is 48.6 Å². The maximum absolute atomic E-state index is 13.4. The molecule has 120 valence electrons. The van der Waals surface area contributed by atoms with Crippen molar-refractivity contribution in [2.45, 2.75) is 0 Å². The minimum absolute atomic E-state index is 0.0187. The average molecular weight is 337 g/mol. The number of hydrogen-bond acceptors (Lipinski definition) is 3. The Labute approximate surface area is 136 Å². The maximum Gasteiger partial charge on any atom is 0.276 e. The van der Waals surface area contributed by atoms with Gasteiger partial charge in [0.25, 0.3) is 5.91 Å². The molecule has 2 aromatic rings. The maximum atomic E-state index is 13.4. The van der Waals surface area contributed by atoms with Crippen LogP contribution in [0.5, 0.6) is 5.75 Å². The molecule has 0 atom stereocenters. The molecule has 0 saturated heterocycles. The van der Waals surface area contributed by atoms with Crippen molar-refractivity contribution in [3.05, 3.63) is 60.2 Å². The molecule has 0 aliphatic rings. The second-order valence-electron chi connectivity index (χ2n) is 4.35. The topological polar surface area (TPSA) is 62.4 Å². The van der Waals surface area contributed by atoms with E-state index in [-0.39, 0.29) is 17.4 Å². The normalized spacial score (nSPS) is 9.83. The molecule has 23 heavy (non-hydrogen) atoms. The summed E-state index contributed by atoms with van der Waals surface area (Å²) < 4.78 is 31.3. The predicted octanol–water partition coefficient (Wildman–Crippen LogP) is 2.36. The highest BCUT2D eigenvalue weighted by molar-refractivity contribution is 7.80. The molecular weight excluding hydrogens is 324 g/mol. The highest BCUT2D eigenvalue weighted by Crippen LogP contribution is 2.12. The van der Waals surface area contributed by atoms with E-state index in [1.54, 1.807) is 12.1 Å². The average Bonchev–Trinajstić information content (AvgIpc) is 2.54. The summed E-state index contributed by atoms with van der Waals surface area (Å²) in [6.45, 7) is -0.291. The van der Waals surface area contributed by atoms with Crippen LogP contribution in [-0.2, 0) is 4.79 Å². The standard InChI is InChI=1S/C15H13F2N3O2S/c16-10-5-7-11(8-6-10)22-9-14(21)19-20-15(23)18-13-4-2-1-3-12(13)17/h1-8H,9H2,(H,19,21)(H2,18,20,23). The molecule has 0 spiro atoms. The van der Waals surface area contributed by atoms with Crippen molar-refractivity contribution < 1.29 is 18.3 Å². The second kappa shape index (κ2) is 8.04. The zero-order valence-corrected chi connectivity index (χ0v) is 12.6. The van der Waals surface area contributed by atoms with Gasteiger partial charge in [-0.15, -0.1) is 0 Å². The number of amides is 1. The van der Waals surface area contributed by atoms with Crippen LogP contribution in [0.3, 0.4) is 0 Å². The Balaban J connectivity index is 1.72. The molecule has 0 aliphatic heterocycles. The molecule has 2 rings (SSSR count). The van der Waals surface area contributed by atoms with E-state index in [2.05, 4.69) is 16.2 Å². The third-order valence-corrected chi connectivity index (χ3v) is 2.83. The number of para-hydroxylation sites is 1. The number of carbonyl (C=O) groups is 1. The highest BCUT2D eigenvalue weighted by atomic mass is 32.1. The van der Waals surface area contributed by atoms with E-state index in [1.807, 2.05) is 0 Å². The van der Waals surface area contributed by atoms with Crippen LogP contribution < -0.4 is 20.9 Å². The molecule has 0 aliphatic carbocycles. The first-order chi connectivity index (χ1) is 11.0. The first-order valence-corrected chi connectivity index (χ1v) is 6.94. The van der Waals surface area contributed by atoms with Crippen molar-refractivity contribution in [3.63, 3.8) is 0 Å². The van der Waals surface area contributed by atoms with E-state index in [0.29, 0.717) is 5.75 Å². The van der Waals surface area contributed by atoms with Gasteiger partial charge in [-0.1, -0.05) is 12.1 Å². The molecular formula is C15H13F2N3O2S. The SMILES string of the molecule is O=C(COc1ccc(F)cc1)NNC(=S)Nc1ccccc1F. The lowest BCUT2D eigenvalue weighted by Crippen LogP contribution is -2.45. The van der Waals surface area contributed by atoms with Crippen LogP contribution in [-0.4, -0.2) is 17.6 Å². The van der Waals surface area contributed by atoms with E-state index in [0.717, 1.165) is 0 Å². The van der Waals surface area contributed by atoms with Gasteiger partial charge in [0.2, 0.25) is 0 Å². The van der Waals surface area contributed by atoms with Gasteiger partial charge in [0.15, 0.2) is 11.7 Å². The van der Waals surface area contributed by atoms with Gasteiger partial charge in [-0.25, -0.2) is 8.78 Å². The summed E-state index contributed by atoms with van der Waals surface area (Å²) in [7, 11) is 0. The third kappa shape index (κ3) is 5.51. The van der Waals surface area contributed by atoms with Crippen LogP contribution in [0.1, 0.15) is 0 Å². The molecule has 0 radical (unpaired) electrons. The summed E-state index contributed by atoms with van der Waals surface area (Å²) in [5, 5.41) is 2.61. The predicted molar refractivity (Wildman–Crippen MR) is 85.8 cm³/mol. The summed E-state index contributed by atoms with van der Waals surface area (Å²) in [4.78, 5) is 11.6. The largest absolute Gasteiger partial charge is 0.484 e. The van der Waals surface area contributed by atoms with E-state index < -0.39 is 17.5 Å². The van der Waals surface area contributed by atoms with Crippen molar-refractivity contribution in [2.24, 2.45) is 0 Å². The number of ether oxygens (including phenoxy) is 1. The Morgan fingerprint density at radius 3 is 2.43 bits per heavy atom. The lowest BCUT2D eigenvalue weighted by molar-refractivity contribution is -0.123. The van der Waals surface area contributed by atoms with Gasteiger partial charge in [0.1, 0.15) is 17.4 Å². The lowest BCUT2D eigenvalue weighted by atomic mass is 10.3. The number of hydrazine groups is 1. The Hall–Kier alpha value is -2.74. The van der Waals surface area contributed by atoms with Crippen LogP contribution >= 0.6 is 12.2 Å². The number of benzene rings is 2. The van der Waals surface area contributed by atoms with Crippen molar-refractivity contribution in [2.75, 3.05) is 11.9 Å². The first kappa shape index (κ1) is 16.6. The molecule has 3 N–H and O–H groups in total. The molecule has 2 aromatic carbocycles. The fourth-order valence-corrected chi connectivity index (χ4v) is 1.72. The van der Waals surface area contributed by atoms with Crippen molar-refractivity contribution >= 4 is 28.9 Å². The van der Waals surface area contributed by atoms with Gasteiger partial charge in [0.05, 0.1) is 5.69 Å². The Morgan fingerprint density at radius 2 is 1.74 bits per heavy atom. The van der Waals surface area contributed by atoms with E-state index in [4.69, 9.17) is 17.0 Å². The van der Waals surface area contributed by atoms with Crippen LogP contribution in [0.4, 0.5) is 14.5 Å². The fraction of sp³-hybridized carbons (Fsp3) is 0.0667. The van der Waals surface area contributed by atoms with E-state index in [1.165, 1.54) is 36.4 Å².